The fraction of sp³-hybridized carbons (Fsp3) is 0.267. The molecule has 0 radical (unpaired) electrons. The predicted octanol–water partition coefficient (Wildman–Crippen LogP) is 2.91. The molecule has 0 aromatic heterocycles. The van der Waals surface area contributed by atoms with E-state index in [2.05, 4.69) is 9.84 Å². The van der Waals surface area contributed by atoms with E-state index >= 15 is 0 Å². The molecule has 1 aromatic rings. The van der Waals surface area contributed by atoms with E-state index in [4.69, 9.17) is 0 Å². The van der Waals surface area contributed by atoms with Gasteiger partial charge in [-0.05, 0) is 24.6 Å². The molecule has 128 valence electrons. The molecule has 0 fully saturated rings. The first-order chi connectivity index (χ1) is 11.2. The van der Waals surface area contributed by atoms with Crippen LogP contribution in [0.15, 0.2) is 40.5 Å². The first-order valence-corrected chi connectivity index (χ1v) is 6.65. The number of ether oxygens (including phenoxy) is 1. The van der Waals surface area contributed by atoms with E-state index in [0.29, 0.717) is 5.56 Å². The highest BCUT2D eigenvalue weighted by atomic mass is 19.4. The summed E-state index contributed by atoms with van der Waals surface area (Å²) in [6.45, 7) is 0.458. The highest BCUT2D eigenvalue weighted by Crippen LogP contribution is 2.34. The number of hydrazone groups is 1. The number of amides is 1. The van der Waals surface area contributed by atoms with E-state index < -0.39 is 35.9 Å². The van der Waals surface area contributed by atoms with Gasteiger partial charge in [-0.15, -0.1) is 0 Å². The Bertz CT molecular complexity index is 736. The number of esters is 1. The number of carbonyl (C=O) groups excluding carboxylic acids is 2. The van der Waals surface area contributed by atoms with Gasteiger partial charge >= 0.3 is 12.1 Å². The molecular weight excluding hydrogens is 332 g/mol. The molecule has 0 bridgehead atoms. The lowest BCUT2D eigenvalue weighted by molar-refractivity contribution is -0.148. The summed E-state index contributed by atoms with van der Waals surface area (Å²) in [6, 6.07) is 5.44. The third-order valence-electron chi connectivity index (χ3n) is 3.28. The number of alkyl halides is 4. The number of hydrogen-bond acceptors (Lipinski definition) is 4. The van der Waals surface area contributed by atoms with E-state index in [-0.39, 0.29) is 11.4 Å². The van der Waals surface area contributed by atoms with Gasteiger partial charge in [-0.25, -0.2) is 9.18 Å². The summed E-state index contributed by atoms with van der Waals surface area (Å²) in [7, 11) is 0.786. The molecule has 0 saturated carbocycles. The lowest BCUT2D eigenvalue weighted by atomic mass is 10.0. The van der Waals surface area contributed by atoms with Crippen molar-refractivity contribution in [2.75, 3.05) is 12.1 Å². The summed E-state index contributed by atoms with van der Waals surface area (Å²) < 4.78 is 56.1. The maximum atomic E-state index is 13.2. The van der Waals surface area contributed by atoms with Gasteiger partial charge in [0, 0.05) is 0 Å². The van der Waals surface area contributed by atoms with Crippen LogP contribution in [0.2, 0.25) is 0 Å². The zero-order valence-corrected chi connectivity index (χ0v) is 12.6. The number of anilines is 1. The largest absolute Gasteiger partial charge is 0.465 e. The van der Waals surface area contributed by atoms with Crippen molar-refractivity contribution < 1.29 is 31.9 Å². The summed E-state index contributed by atoms with van der Waals surface area (Å²) in [5, 5.41) is 4.49. The van der Waals surface area contributed by atoms with E-state index in [1.54, 1.807) is 0 Å². The van der Waals surface area contributed by atoms with Gasteiger partial charge < -0.3 is 4.74 Å². The Morgan fingerprint density at radius 3 is 2.29 bits per heavy atom. The van der Waals surface area contributed by atoms with Gasteiger partial charge in [-0.1, -0.05) is 12.1 Å². The van der Waals surface area contributed by atoms with E-state index in [1.165, 1.54) is 31.2 Å². The van der Waals surface area contributed by atoms with Gasteiger partial charge in [0.25, 0.3) is 5.91 Å². The van der Waals surface area contributed by atoms with Crippen molar-refractivity contribution in [2.45, 2.75) is 19.8 Å². The van der Waals surface area contributed by atoms with Gasteiger partial charge in [-0.2, -0.15) is 23.3 Å². The molecule has 1 heterocycles. The standard InChI is InChI=1S/C15H12F4N2O3/c1-8-11(12(14(23)24-2)15(17,18)19)13(22)21(20-8)10-5-3-9(7-16)4-6-10/h3-6H,7H2,1-2H3/b12-11-. The summed E-state index contributed by atoms with van der Waals surface area (Å²) in [4.78, 5) is 23.8. The molecule has 0 unspecified atom stereocenters. The van der Waals surface area contributed by atoms with E-state index in [0.717, 1.165) is 12.1 Å². The minimum atomic E-state index is -5.08. The molecule has 2 rings (SSSR count). The minimum absolute atomic E-state index is 0.151. The van der Waals surface area contributed by atoms with Crippen LogP contribution in [0, 0.1) is 0 Å². The highest BCUT2D eigenvalue weighted by molar-refractivity contribution is 6.32. The van der Waals surface area contributed by atoms with Crippen molar-refractivity contribution in [2.24, 2.45) is 5.10 Å². The van der Waals surface area contributed by atoms with Crippen LogP contribution in [0.4, 0.5) is 23.2 Å². The van der Waals surface area contributed by atoms with Crippen LogP contribution in [0.1, 0.15) is 12.5 Å². The Hall–Kier alpha value is -2.71. The molecule has 5 nitrogen and oxygen atoms in total. The second-order valence-electron chi connectivity index (χ2n) is 4.84. The Morgan fingerprint density at radius 1 is 1.25 bits per heavy atom. The minimum Gasteiger partial charge on any atom is -0.465 e. The van der Waals surface area contributed by atoms with Crippen molar-refractivity contribution in [3.8, 4) is 0 Å². The molecular formula is C15H12F4N2O3. The van der Waals surface area contributed by atoms with Crippen LogP contribution >= 0.6 is 0 Å². The van der Waals surface area contributed by atoms with E-state index in [1.807, 2.05) is 0 Å². The number of carbonyl (C=O) groups is 2. The van der Waals surface area contributed by atoms with Crippen molar-refractivity contribution in [1.29, 1.82) is 0 Å². The summed E-state index contributed by atoms with van der Waals surface area (Å²) in [5.74, 6) is -2.78. The number of nitrogens with zero attached hydrogens (tertiary/aromatic N) is 2. The monoisotopic (exact) mass is 344 g/mol. The topological polar surface area (TPSA) is 59.0 Å². The highest BCUT2D eigenvalue weighted by Gasteiger charge is 2.47. The Morgan fingerprint density at radius 2 is 1.83 bits per heavy atom. The lowest BCUT2D eigenvalue weighted by Gasteiger charge is -2.14. The zero-order valence-electron chi connectivity index (χ0n) is 12.6. The van der Waals surface area contributed by atoms with Crippen molar-refractivity contribution >= 4 is 23.3 Å². The molecule has 1 amide bonds. The smallest absolute Gasteiger partial charge is 0.424 e. The lowest BCUT2D eigenvalue weighted by Crippen LogP contribution is -2.29. The van der Waals surface area contributed by atoms with Crippen LogP contribution in [0.3, 0.4) is 0 Å². The zero-order chi connectivity index (χ0) is 18.1. The van der Waals surface area contributed by atoms with Crippen LogP contribution in [0.25, 0.3) is 0 Å². The average molecular weight is 344 g/mol. The summed E-state index contributed by atoms with van der Waals surface area (Å²) >= 11 is 0. The normalized spacial score (nSPS) is 17.0. The second-order valence-corrected chi connectivity index (χ2v) is 4.84. The van der Waals surface area contributed by atoms with Gasteiger partial charge in [0.15, 0.2) is 5.57 Å². The first-order valence-electron chi connectivity index (χ1n) is 6.65. The molecule has 0 saturated heterocycles. The van der Waals surface area contributed by atoms with Crippen LogP contribution in [0.5, 0.6) is 0 Å². The number of halogens is 4. The Kier molecular flexibility index (Phi) is 4.72. The molecule has 0 N–H and O–H groups in total. The Labute approximate surface area is 134 Å². The number of hydrogen-bond donors (Lipinski definition) is 0. The number of rotatable bonds is 3. The van der Waals surface area contributed by atoms with Crippen LogP contribution in [-0.4, -0.2) is 30.9 Å². The molecule has 1 aliphatic heterocycles. The first kappa shape index (κ1) is 17.6. The molecule has 1 aliphatic rings. The maximum Gasteiger partial charge on any atom is 0.424 e. The summed E-state index contributed by atoms with van der Waals surface area (Å²) in [5.41, 5.74) is -2.36. The van der Waals surface area contributed by atoms with Crippen LogP contribution < -0.4 is 5.01 Å². The van der Waals surface area contributed by atoms with E-state index in [9.17, 15) is 27.2 Å². The van der Waals surface area contributed by atoms with Gasteiger partial charge in [0.2, 0.25) is 0 Å². The van der Waals surface area contributed by atoms with Crippen LogP contribution in [-0.2, 0) is 21.0 Å². The van der Waals surface area contributed by atoms with Crippen molar-refractivity contribution in [1.82, 2.24) is 0 Å². The molecule has 0 atom stereocenters. The van der Waals surface area contributed by atoms with Gasteiger partial charge in [0.05, 0.1) is 24.1 Å². The number of benzene rings is 1. The van der Waals surface area contributed by atoms with Crippen molar-refractivity contribution in [3.63, 3.8) is 0 Å². The molecule has 1 aromatic carbocycles. The maximum absolute atomic E-state index is 13.2. The third kappa shape index (κ3) is 3.15. The SMILES string of the molecule is COC(=O)/C(=C1/C(=O)N(c2ccc(CF)cc2)N=C1C)C(F)(F)F. The third-order valence-corrected chi connectivity index (χ3v) is 3.28. The molecule has 24 heavy (non-hydrogen) atoms. The Balaban J connectivity index is 2.52. The fourth-order valence-corrected chi connectivity index (χ4v) is 2.16. The molecule has 9 heteroatoms. The number of methoxy groups -OCH3 is 1. The van der Waals surface area contributed by atoms with Gasteiger partial charge in [0.1, 0.15) is 6.67 Å². The molecule has 0 aliphatic carbocycles. The quantitative estimate of drug-likeness (QED) is 0.481. The summed E-state index contributed by atoms with van der Waals surface area (Å²) in [6.07, 6.45) is -5.08. The van der Waals surface area contributed by atoms with Gasteiger partial charge in [-0.3, -0.25) is 4.79 Å². The second kappa shape index (κ2) is 6.42. The predicted molar refractivity (Wildman–Crippen MR) is 76.9 cm³/mol. The average Bonchev–Trinajstić information content (AvgIpc) is 2.82. The fourth-order valence-electron chi connectivity index (χ4n) is 2.16. The molecule has 0 spiro atoms. The van der Waals surface area contributed by atoms with Crippen molar-refractivity contribution in [3.05, 3.63) is 41.0 Å².